The van der Waals surface area contributed by atoms with E-state index in [2.05, 4.69) is 10.0 Å². The van der Waals surface area contributed by atoms with Crippen LogP contribution in [0.1, 0.15) is 39.0 Å². The molecular weight excluding hydrogens is 212 g/mol. The lowest BCUT2D eigenvalue weighted by molar-refractivity contribution is 0.246. The Bertz CT molecular complexity index is 316. The summed E-state index contributed by atoms with van der Waals surface area (Å²) in [7, 11) is -3.11. The molecule has 1 heterocycles. The Hall–Kier alpha value is -0.130. The molecule has 5 heteroatoms. The number of rotatable bonds is 3. The zero-order chi connectivity index (χ0) is 10.9. The monoisotopic (exact) mass is 232 g/mol. The van der Waals surface area contributed by atoms with Gasteiger partial charge in [0.2, 0.25) is 10.0 Å². The molecule has 0 aromatic rings. The lowest BCUT2D eigenvalue weighted by Gasteiger charge is -2.40. The van der Waals surface area contributed by atoms with Crippen molar-refractivity contribution < 1.29 is 8.42 Å². The maximum Gasteiger partial charge on any atom is 0.216 e. The Morgan fingerprint density at radius 3 is 2.53 bits per heavy atom. The summed E-state index contributed by atoms with van der Waals surface area (Å²) in [6, 6.07) is 0. The standard InChI is InChI=1S/C10H20N2O2S/c1-10(5-3-6-10)12-15(13,14)9-4-2-7-11-8-9/h9,11-12H,2-8H2,1H3. The molecule has 0 amide bonds. The quantitative estimate of drug-likeness (QED) is 0.749. The summed E-state index contributed by atoms with van der Waals surface area (Å²) in [4.78, 5) is 0. The largest absolute Gasteiger partial charge is 0.315 e. The second kappa shape index (κ2) is 4.03. The van der Waals surface area contributed by atoms with Crippen LogP contribution in [0.3, 0.4) is 0 Å². The number of nitrogens with one attached hydrogen (secondary N) is 2. The molecule has 1 atom stereocenters. The van der Waals surface area contributed by atoms with Crippen molar-refractivity contribution in [2.45, 2.75) is 49.8 Å². The SMILES string of the molecule is CC1(NS(=O)(=O)C2CCCNC2)CCC1. The van der Waals surface area contributed by atoms with Crippen LogP contribution in [0.25, 0.3) is 0 Å². The maximum atomic E-state index is 12.0. The van der Waals surface area contributed by atoms with Gasteiger partial charge in [-0.05, 0) is 45.6 Å². The van der Waals surface area contributed by atoms with E-state index in [0.29, 0.717) is 6.54 Å². The van der Waals surface area contributed by atoms with E-state index in [-0.39, 0.29) is 10.8 Å². The van der Waals surface area contributed by atoms with E-state index >= 15 is 0 Å². The Kier molecular flexibility index (Phi) is 3.05. The molecule has 15 heavy (non-hydrogen) atoms. The smallest absolute Gasteiger partial charge is 0.216 e. The minimum absolute atomic E-state index is 0.156. The third-order valence-electron chi connectivity index (χ3n) is 3.54. The first-order chi connectivity index (χ1) is 7.02. The van der Waals surface area contributed by atoms with Crippen LogP contribution in [0.15, 0.2) is 0 Å². The van der Waals surface area contributed by atoms with E-state index < -0.39 is 10.0 Å². The molecule has 0 spiro atoms. The van der Waals surface area contributed by atoms with Gasteiger partial charge in [0.05, 0.1) is 5.25 Å². The highest BCUT2D eigenvalue weighted by atomic mass is 32.2. The van der Waals surface area contributed by atoms with Crippen molar-refractivity contribution in [2.24, 2.45) is 0 Å². The van der Waals surface area contributed by atoms with Gasteiger partial charge in [-0.1, -0.05) is 0 Å². The fraction of sp³-hybridized carbons (Fsp3) is 1.00. The van der Waals surface area contributed by atoms with Crippen LogP contribution in [-0.4, -0.2) is 32.3 Å². The number of hydrogen-bond acceptors (Lipinski definition) is 3. The molecule has 1 unspecified atom stereocenters. The molecule has 1 saturated carbocycles. The van der Waals surface area contributed by atoms with Gasteiger partial charge in [0, 0.05) is 12.1 Å². The van der Waals surface area contributed by atoms with Gasteiger partial charge < -0.3 is 5.32 Å². The normalized spacial score (nSPS) is 30.9. The third-order valence-corrected chi connectivity index (χ3v) is 5.59. The second-order valence-electron chi connectivity index (χ2n) is 5.03. The van der Waals surface area contributed by atoms with E-state index in [0.717, 1.165) is 38.6 Å². The van der Waals surface area contributed by atoms with E-state index in [1.165, 1.54) is 0 Å². The Labute approximate surface area is 91.9 Å². The van der Waals surface area contributed by atoms with Crippen LogP contribution >= 0.6 is 0 Å². The van der Waals surface area contributed by atoms with Crippen molar-refractivity contribution in [1.82, 2.24) is 10.0 Å². The molecule has 0 aromatic heterocycles. The van der Waals surface area contributed by atoms with Gasteiger partial charge in [-0.15, -0.1) is 0 Å². The molecule has 1 saturated heterocycles. The van der Waals surface area contributed by atoms with Crippen molar-refractivity contribution in [3.05, 3.63) is 0 Å². The fourth-order valence-electron chi connectivity index (χ4n) is 2.32. The van der Waals surface area contributed by atoms with Crippen molar-refractivity contribution >= 4 is 10.0 Å². The van der Waals surface area contributed by atoms with Gasteiger partial charge in [-0.3, -0.25) is 0 Å². The highest BCUT2D eigenvalue weighted by Gasteiger charge is 2.38. The molecular formula is C10H20N2O2S. The van der Waals surface area contributed by atoms with Gasteiger partial charge in [0.15, 0.2) is 0 Å². The lowest BCUT2D eigenvalue weighted by Crippen LogP contribution is -2.55. The molecule has 2 aliphatic rings. The lowest BCUT2D eigenvalue weighted by atomic mass is 9.80. The first kappa shape index (κ1) is 11.4. The van der Waals surface area contributed by atoms with Crippen molar-refractivity contribution in [1.29, 1.82) is 0 Å². The molecule has 2 fully saturated rings. The molecule has 1 aliphatic heterocycles. The van der Waals surface area contributed by atoms with Crippen LogP contribution in [0.4, 0.5) is 0 Å². The predicted molar refractivity (Wildman–Crippen MR) is 60.2 cm³/mol. The van der Waals surface area contributed by atoms with Gasteiger partial charge in [-0.2, -0.15) is 0 Å². The Morgan fingerprint density at radius 2 is 2.07 bits per heavy atom. The number of hydrogen-bond donors (Lipinski definition) is 2. The van der Waals surface area contributed by atoms with Crippen LogP contribution in [0, 0.1) is 0 Å². The zero-order valence-electron chi connectivity index (χ0n) is 9.25. The van der Waals surface area contributed by atoms with Crippen molar-refractivity contribution in [3.63, 3.8) is 0 Å². The first-order valence-electron chi connectivity index (χ1n) is 5.75. The summed E-state index contributed by atoms with van der Waals surface area (Å²) >= 11 is 0. The summed E-state index contributed by atoms with van der Waals surface area (Å²) in [5.41, 5.74) is -0.156. The van der Waals surface area contributed by atoms with Gasteiger partial charge >= 0.3 is 0 Å². The van der Waals surface area contributed by atoms with E-state index in [9.17, 15) is 8.42 Å². The molecule has 0 bridgehead atoms. The van der Waals surface area contributed by atoms with Gasteiger partial charge in [0.25, 0.3) is 0 Å². The molecule has 88 valence electrons. The summed E-state index contributed by atoms with van der Waals surface area (Å²) in [6.45, 7) is 3.55. The zero-order valence-corrected chi connectivity index (χ0v) is 10.1. The predicted octanol–water partition coefficient (Wildman–Crippen LogP) is 0.600. The van der Waals surface area contributed by atoms with E-state index in [1.54, 1.807) is 0 Å². The number of piperidine rings is 1. The Morgan fingerprint density at radius 1 is 1.33 bits per heavy atom. The minimum Gasteiger partial charge on any atom is -0.315 e. The topological polar surface area (TPSA) is 58.2 Å². The van der Waals surface area contributed by atoms with Crippen molar-refractivity contribution in [3.8, 4) is 0 Å². The Balaban J connectivity index is 1.99. The number of sulfonamides is 1. The molecule has 0 radical (unpaired) electrons. The van der Waals surface area contributed by atoms with Crippen LogP contribution in [0.2, 0.25) is 0 Å². The molecule has 1 aliphatic carbocycles. The highest BCUT2D eigenvalue weighted by molar-refractivity contribution is 7.90. The molecule has 4 nitrogen and oxygen atoms in total. The average Bonchev–Trinajstić information content (AvgIpc) is 2.16. The first-order valence-corrected chi connectivity index (χ1v) is 7.30. The highest BCUT2D eigenvalue weighted by Crippen LogP contribution is 2.32. The molecule has 2 N–H and O–H groups in total. The molecule has 0 aromatic carbocycles. The summed E-state index contributed by atoms with van der Waals surface area (Å²) in [6.07, 6.45) is 4.85. The van der Waals surface area contributed by atoms with E-state index in [1.807, 2.05) is 6.92 Å². The van der Waals surface area contributed by atoms with Crippen LogP contribution < -0.4 is 10.0 Å². The second-order valence-corrected chi connectivity index (χ2v) is 6.99. The van der Waals surface area contributed by atoms with Gasteiger partial charge in [-0.25, -0.2) is 13.1 Å². The van der Waals surface area contributed by atoms with Crippen LogP contribution in [0.5, 0.6) is 0 Å². The van der Waals surface area contributed by atoms with Crippen molar-refractivity contribution in [2.75, 3.05) is 13.1 Å². The maximum absolute atomic E-state index is 12.0. The minimum atomic E-state index is -3.11. The fourth-order valence-corrected chi connectivity index (χ4v) is 4.19. The van der Waals surface area contributed by atoms with E-state index in [4.69, 9.17) is 0 Å². The average molecular weight is 232 g/mol. The third kappa shape index (κ3) is 2.52. The summed E-state index contributed by atoms with van der Waals surface area (Å²) in [5.74, 6) is 0. The summed E-state index contributed by atoms with van der Waals surface area (Å²) in [5, 5.41) is 2.91. The molecule has 2 rings (SSSR count). The van der Waals surface area contributed by atoms with Gasteiger partial charge in [0.1, 0.15) is 0 Å². The van der Waals surface area contributed by atoms with Crippen LogP contribution in [-0.2, 0) is 10.0 Å². The summed E-state index contributed by atoms with van der Waals surface area (Å²) < 4.78 is 27.0.